The summed E-state index contributed by atoms with van der Waals surface area (Å²) in [5.74, 6) is -0.0976. The summed E-state index contributed by atoms with van der Waals surface area (Å²) in [6, 6.07) is 4.96. The molecule has 1 aromatic carbocycles. The maximum Gasteiger partial charge on any atom is 0.241 e. The highest BCUT2D eigenvalue weighted by Crippen LogP contribution is 2.26. The van der Waals surface area contributed by atoms with Gasteiger partial charge in [0.05, 0.1) is 16.8 Å². The fourth-order valence-electron chi connectivity index (χ4n) is 2.87. The van der Waals surface area contributed by atoms with E-state index in [2.05, 4.69) is 27.5 Å². The van der Waals surface area contributed by atoms with Crippen molar-refractivity contribution < 1.29 is 9.59 Å². The highest BCUT2D eigenvalue weighted by molar-refractivity contribution is 6.34. The van der Waals surface area contributed by atoms with Gasteiger partial charge in [0.25, 0.3) is 0 Å². The number of carbonyl (C=O) groups excluding carboxylic acids is 2. The van der Waals surface area contributed by atoms with Crippen molar-refractivity contribution in [3.05, 3.63) is 23.2 Å². The van der Waals surface area contributed by atoms with Crippen LogP contribution >= 0.6 is 11.6 Å². The lowest BCUT2D eigenvalue weighted by molar-refractivity contribution is -0.121. The van der Waals surface area contributed by atoms with Gasteiger partial charge in [-0.3, -0.25) is 14.5 Å². The smallest absolute Gasteiger partial charge is 0.241 e. The molecule has 0 aliphatic carbocycles. The minimum atomic E-state index is -0.198. The van der Waals surface area contributed by atoms with Crippen LogP contribution in [0.15, 0.2) is 18.2 Å². The molecule has 1 aliphatic rings. The lowest BCUT2D eigenvalue weighted by atomic mass is 10.2. The minimum Gasteiger partial charge on any atom is -0.325 e. The van der Waals surface area contributed by atoms with E-state index in [0.29, 0.717) is 22.8 Å². The summed E-state index contributed by atoms with van der Waals surface area (Å²) in [5.41, 5.74) is 1.20. The predicted molar refractivity (Wildman–Crippen MR) is 107 cm³/mol. The second-order valence-electron chi connectivity index (χ2n) is 6.85. The topological polar surface area (TPSA) is 64.7 Å². The number of anilines is 2. The van der Waals surface area contributed by atoms with Gasteiger partial charge in [-0.25, -0.2) is 0 Å². The van der Waals surface area contributed by atoms with Gasteiger partial charge >= 0.3 is 0 Å². The van der Waals surface area contributed by atoms with Crippen LogP contribution in [0, 0.1) is 0 Å². The van der Waals surface area contributed by atoms with E-state index in [1.807, 2.05) is 13.8 Å². The summed E-state index contributed by atoms with van der Waals surface area (Å²) in [7, 11) is 2.09. The predicted octanol–water partition coefficient (Wildman–Crippen LogP) is 3.04. The van der Waals surface area contributed by atoms with E-state index in [9.17, 15) is 9.59 Å². The van der Waals surface area contributed by atoms with Crippen molar-refractivity contribution in [2.45, 2.75) is 39.2 Å². The summed E-state index contributed by atoms with van der Waals surface area (Å²) in [6.45, 7) is 7.67. The van der Waals surface area contributed by atoms with Gasteiger partial charge in [0.15, 0.2) is 0 Å². The number of carbonyl (C=O) groups is 2. The Morgan fingerprint density at radius 1 is 1.19 bits per heavy atom. The molecule has 6 nitrogen and oxygen atoms in total. The Morgan fingerprint density at radius 2 is 1.88 bits per heavy atom. The molecule has 1 aromatic rings. The molecule has 0 saturated carbocycles. The van der Waals surface area contributed by atoms with E-state index in [4.69, 9.17) is 11.6 Å². The standard InChI is InChI=1S/C19H29ClN4O2/c1-4-5-6-18(25)22-17-8-7-15(13-16(17)20)21-19(26)14(2)24-11-9-23(3)10-12-24/h7-8,13-14H,4-6,9-12H2,1-3H3,(H,21,26)(H,22,25). The van der Waals surface area contributed by atoms with Crippen LogP contribution in [0.1, 0.15) is 33.1 Å². The highest BCUT2D eigenvalue weighted by atomic mass is 35.5. The van der Waals surface area contributed by atoms with Gasteiger partial charge in [0, 0.05) is 38.3 Å². The van der Waals surface area contributed by atoms with Crippen molar-refractivity contribution in [1.29, 1.82) is 0 Å². The first-order valence-electron chi connectivity index (χ1n) is 9.23. The minimum absolute atomic E-state index is 0.0470. The Kier molecular flexibility index (Phi) is 7.87. The highest BCUT2D eigenvalue weighted by Gasteiger charge is 2.24. The average molecular weight is 381 g/mol. The van der Waals surface area contributed by atoms with Crippen LogP contribution in [0.5, 0.6) is 0 Å². The Morgan fingerprint density at radius 3 is 2.50 bits per heavy atom. The SMILES string of the molecule is CCCCC(=O)Nc1ccc(NC(=O)C(C)N2CCN(C)CC2)cc1Cl. The second kappa shape index (κ2) is 9.90. The zero-order valence-electron chi connectivity index (χ0n) is 15.8. The maximum absolute atomic E-state index is 12.5. The van der Waals surface area contributed by atoms with E-state index in [1.54, 1.807) is 18.2 Å². The van der Waals surface area contributed by atoms with Crippen LogP contribution in [0.2, 0.25) is 5.02 Å². The van der Waals surface area contributed by atoms with E-state index in [-0.39, 0.29) is 17.9 Å². The first-order valence-corrected chi connectivity index (χ1v) is 9.61. The zero-order valence-corrected chi connectivity index (χ0v) is 16.6. The third kappa shape index (κ3) is 5.97. The van der Waals surface area contributed by atoms with Crippen LogP contribution in [-0.2, 0) is 9.59 Å². The molecular formula is C19H29ClN4O2. The van der Waals surface area contributed by atoms with Gasteiger partial charge in [-0.1, -0.05) is 24.9 Å². The molecule has 1 aliphatic heterocycles. The van der Waals surface area contributed by atoms with Crippen LogP contribution in [0.25, 0.3) is 0 Å². The average Bonchev–Trinajstić information content (AvgIpc) is 2.62. The molecule has 1 heterocycles. The number of hydrogen-bond acceptors (Lipinski definition) is 4. The zero-order chi connectivity index (χ0) is 19.1. The molecule has 26 heavy (non-hydrogen) atoms. The van der Waals surface area contributed by atoms with Crippen molar-refractivity contribution in [2.75, 3.05) is 43.9 Å². The Balaban J connectivity index is 1.91. The molecule has 1 fully saturated rings. The fourth-order valence-corrected chi connectivity index (χ4v) is 3.09. The number of nitrogens with one attached hydrogen (secondary N) is 2. The molecule has 1 atom stereocenters. The quantitative estimate of drug-likeness (QED) is 0.763. The van der Waals surface area contributed by atoms with Gasteiger partial charge in [-0.2, -0.15) is 0 Å². The van der Waals surface area contributed by atoms with E-state index in [0.717, 1.165) is 39.0 Å². The normalized spacial score (nSPS) is 16.9. The first-order chi connectivity index (χ1) is 12.4. The third-order valence-corrected chi connectivity index (χ3v) is 5.05. The van der Waals surface area contributed by atoms with Gasteiger partial charge in [0.2, 0.25) is 11.8 Å². The number of hydrogen-bond donors (Lipinski definition) is 2. The molecular weight excluding hydrogens is 352 g/mol. The molecule has 0 bridgehead atoms. The molecule has 0 radical (unpaired) electrons. The van der Waals surface area contributed by atoms with Gasteiger partial charge in [-0.15, -0.1) is 0 Å². The van der Waals surface area contributed by atoms with Crippen LogP contribution in [-0.4, -0.2) is 60.9 Å². The number of benzene rings is 1. The molecule has 2 amide bonds. The third-order valence-electron chi connectivity index (χ3n) is 4.73. The molecule has 0 aromatic heterocycles. The summed E-state index contributed by atoms with van der Waals surface area (Å²) in [6.07, 6.45) is 2.30. The number of likely N-dealkylation sites (N-methyl/N-ethyl adjacent to an activating group) is 1. The van der Waals surface area contributed by atoms with E-state index in [1.165, 1.54) is 0 Å². The summed E-state index contributed by atoms with van der Waals surface area (Å²) >= 11 is 6.25. The van der Waals surface area contributed by atoms with Crippen LogP contribution < -0.4 is 10.6 Å². The van der Waals surface area contributed by atoms with Gasteiger partial charge in [-0.05, 0) is 38.6 Å². The monoisotopic (exact) mass is 380 g/mol. The first kappa shape index (κ1) is 20.7. The number of unbranched alkanes of at least 4 members (excludes halogenated alkanes) is 1. The summed E-state index contributed by atoms with van der Waals surface area (Å²) < 4.78 is 0. The summed E-state index contributed by atoms with van der Waals surface area (Å²) in [5, 5.41) is 6.14. The van der Waals surface area contributed by atoms with Crippen molar-refractivity contribution in [3.8, 4) is 0 Å². The Hall–Kier alpha value is -1.63. The maximum atomic E-state index is 12.5. The summed E-state index contributed by atoms with van der Waals surface area (Å²) in [4.78, 5) is 28.8. The van der Waals surface area contributed by atoms with Crippen molar-refractivity contribution in [3.63, 3.8) is 0 Å². The molecule has 1 unspecified atom stereocenters. The van der Waals surface area contributed by atoms with Crippen molar-refractivity contribution in [1.82, 2.24) is 9.80 Å². The van der Waals surface area contributed by atoms with Crippen molar-refractivity contribution in [2.24, 2.45) is 0 Å². The lowest BCUT2D eigenvalue weighted by Crippen LogP contribution is -2.51. The molecule has 1 saturated heterocycles. The largest absolute Gasteiger partial charge is 0.325 e. The van der Waals surface area contributed by atoms with E-state index >= 15 is 0 Å². The van der Waals surface area contributed by atoms with Gasteiger partial charge < -0.3 is 15.5 Å². The number of halogens is 1. The number of piperazine rings is 1. The van der Waals surface area contributed by atoms with Crippen LogP contribution in [0.3, 0.4) is 0 Å². The molecule has 144 valence electrons. The Labute approximate surface area is 160 Å². The van der Waals surface area contributed by atoms with Crippen LogP contribution in [0.4, 0.5) is 11.4 Å². The molecule has 2 rings (SSSR count). The second-order valence-corrected chi connectivity index (χ2v) is 7.26. The lowest BCUT2D eigenvalue weighted by Gasteiger charge is -2.35. The number of nitrogens with zero attached hydrogens (tertiary/aromatic N) is 2. The molecule has 0 spiro atoms. The van der Waals surface area contributed by atoms with Crippen molar-refractivity contribution >= 4 is 34.8 Å². The molecule has 2 N–H and O–H groups in total. The van der Waals surface area contributed by atoms with E-state index < -0.39 is 0 Å². The number of amides is 2. The Bertz CT molecular complexity index is 630. The van der Waals surface area contributed by atoms with Gasteiger partial charge in [0.1, 0.15) is 0 Å². The molecule has 7 heteroatoms. The number of rotatable bonds is 7. The fraction of sp³-hybridized carbons (Fsp3) is 0.579.